The maximum atomic E-state index is 12.7. The van der Waals surface area contributed by atoms with Gasteiger partial charge in [0.25, 0.3) is 0 Å². The van der Waals surface area contributed by atoms with E-state index in [0.717, 1.165) is 45.3 Å². The minimum Gasteiger partial charge on any atom is -0.342 e. The van der Waals surface area contributed by atoms with Gasteiger partial charge in [0.15, 0.2) is 0 Å². The number of hydrogen-bond donors (Lipinski definition) is 0. The number of fused-ring (bicyclic) bond motifs is 1. The van der Waals surface area contributed by atoms with Crippen LogP contribution in [-0.4, -0.2) is 64.3 Å². The summed E-state index contributed by atoms with van der Waals surface area (Å²) in [5.41, 5.74) is 1.01. The van der Waals surface area contributed by atoms with Crippen molar-refractivity contribution in [1.82, 2.24) is 14.7 Å². The highest BCUT2D eigenvalue weighted by Gasteiger charge is 2.52. The zero-order valence-electron chi connectivity index (χ0n) is 15.7. The summed E-state index contributed by atoms with van der Waals surface area (Å²) >= 11 is 0. The Morgan fingerprint density at radius 2 is 1.88 bits per heavy atom. The van der Waals surface area contributed by atoms with E-state index in [1.54, 1.807) is 0 Å². The third-order valence-corrected chi connectivity index (χ3v) is 6.59. The molecular formula is C21H29N3O2. The first-order chi connectivity index (χ1) is 12.6. The van der Waals surface area contributed by atoms with E-state index in [1.165, 1.54) is 5.56 Å². The van der Waals surface area contributed by atoms with Crippen molar-refractivity contribution >= 4 is 11.8 Å². The molecule has 3 aliphatic heterocycles. The second-order valence-corrected chi connectivity index (χ2v) is 8.19. The number of piperidine rings is 1. The lowest BCUT2D eigenvalue weighted by Crippen LogP contribution is -2.60. The molecule has 0 aliphatic carbocycles. The molecule has 4 rings (SSSR count). The highest BCUT2D eigenvalue weighted by Crippen LogP contribution is 2.41. The van der Waals surface area contributed by atoms with E-state index >= 15 is 0 Å². The molecular weight excluding hydrogens is 326 g/mol. The molecule has 0 spiro atoms. The van der Waals surface area contributed by atoms with Crippen LogP contribution in [0.25, 0.3) is 0 Å². The number of rotatable bonds is 4. The van der Waals surface area contributed by atoms with Gasteiger partial charge >= 0.3 is 0 Å². The molecule has 0 bridgehead atoms. The van der Waals surface area contributed by atoms with Crippen LogP contribution in [0.15, 0.2) is 30.3 Å². The molecule has 0 radical (unpaired) electrons. The lowest BCUT2D eigenvalue weighted by atomic mass is 9.83. The summed E-state index contributed by atoms with van der Waals surface area (Å²) in [7, 11) is 0. The van der Waals surface area contributed by atoms with Gasteiger partial charge in [-0.05, 0) is 38.2 Å². The maximum absolute atomic E-state index is 12.7. The van der Waals surface area contributed by atoms with Crippen molar-refractivity contribution in [3.05, 3.63) is 35.9 Å². The fraction of sp³-hybridized carbons (Fsp3) is 0.619. The first kappa shape index (κ1) is 17.5. The highest BCUT2D eigenvalue weighted by molar-refractivity contribution is 5.80. The number of nitrogens with zero attached hydrogens (tertiary/aromatic N) is 3. The molecule has 3 heterocycles. The predicted octanol–water partition coefficient (Wildman–Crippen LogP) is 2.26. The van der Waals surface area contributed by atoms with Gasteiger partial charge in [-0.25, -0.2) is 0 Å². The average molecular weight is 355 g/mol. The number of likely N-dealkylation sites (tertiary alicyclic amines) is 3. The number of carbonyl (C=O) groups excluding carboxylic acids is 2. The Hall–Kier alpha value is -1.88. The highest BCUT2D eigenvalue weighted by atomic mass is 16.2. The Morgan fingerprint density at radius 3 is 2.62 bits per heavy atom. The van der Waals surface area contributed by atoms with Crippen molar-refractivity contribution in [2.24, 2.45) is 0 Å². The number of carbonyl (C=O) groups is 2. The van der Waals surface area contributed by atoms with Crippen LogP contribution in [0.5, 0.6) is 0 Å². The van der Waals surface area contributed by atoms with E-state index in [0.29, 0.717) is 19.5 Å². The third kappa shape index (κ3) is 3.13. The molecule has 5 heteroatoms. The summed E-state index contributed by atoms with van der Waals surface area (Å²) in [6, 6.07) is 10.5. The van der Waals surface area contributed by atoms with Crippen LogP contribution in [0.4, 0.5) is 0 Å². The normalized spacial score (nSPS) is 29.3. The average Bonchev–Trinajstić information content (AvgIpc) is 3.28. The molecule has 3 saturated heterocycles. The van der Waals surface area contributed by atoms with Crippen LogP contribution in [0.1, 0.15) is 44.6 Å². The maximum Gasteiger partial charge on any atom is 0.236 e. The quantitative estimate of drug-likeness (QED) is 0.832. The van der Waals surface area contributed by atoms with Gasteiger partial charge in [-0.3, -0.25) is 14.5 Å². The van der Waals surface area contributed by atoms with Gasteiger partial charge in [0.05, 0.1) is 12.1 Å². The predicted molar refractivity (Wildman–Crippen MR) is 100 cm³/mol. The van der Waals surface area contributed by atoms with Crippen molar-refractivity contribution in [1.29, 1.82) is 0 Å². The van der Waals surface area contributed by atoms with Crippen LogP contribution in [0.2, 0.25) is 0 Å². The van der Waals surface area contributed by atoms with Crippen molar-refractivity contribution in [2.75, 3.05) is 26.2 Å². The largest absolute Gasteiger partial charge is 0.342 e. The summed E-state index contributed by atoms with van der Waals surface area (Å²) in [6.07, 6.45) is 4.66. The number of hydrogen-bond acceptors (Lipinski definition) is 3. The molecule has 0 unspecified atom stereocenters. The fourth-order valence-electron chi connectivity index (χ4n) is 5.04. The summed E-state index contributed by atoms with van der Waals surface area (Å²) < 4.78 is 0. The van der Waals surface area contributed by atoms with Crippen LogP contribution in [-0.2, 0) is 16.1 Å². The van der Waals surface area contributed by atoms with Crippen LogP contribution in [0, 0.1) is 0 Å². The van der Waals surface area contributed by atoms with Crippen LogP contribution < -0.4 is 0 Å². The second-order valence-electron chi connectivity index (χ2n) is 8.19. The first-order valence-electron chi connectivity index (χ1n) is 9.94. The molecule has 26 heavy (non-hydrogen) atoms. The van der Waals surface area contributed by atoms with Crippen molar-refractivity contribution in [3.8, 4) is 0 Å². The summed E-state index contributed by atoms with van der Waals surface area (Å²) in [5, 5.41) is 0. The minimum atomic E-state index is -0.170. The summed E-state index contributed by atoms with van der Waals surface area (Å²) in [6.45, 7) is 6.12. The second kappa shape index (κ2) is 7.03. The van der Waals surface area contributed by atoms with E-state index in [-0.39, 0.29) is 23.4 Å². The van der Waals surface area contributed by atoms with Gasteiger partial charge in [-0.15, -0.1) is 0 Å². The SMILES string of the molecule is C[C@]12CCN(CC(=O)N3CCCC3)[C@H]1CCC(=O)N2Cc1ccccc1. The molecule has 1 aromatic rings. The van der Waals surface area contributed by atoms with E-state index in [1.807, 2.05) is 23.1 Å². The van der Waals surface area contributed by atoms with E-state index in [4.69, 9.17) is 0 Å². The first-order valence-corrected chi connectivity index (χ1v) is 9.94. The standard InChI is InChI=1S/C21H29N3O2/c1-21-11-14-23(16-20(26)22-12-5-6-13-22)18(21)9-10-19(25)24(21)15-17-7-3-2-4-8-17/h2-4,7-8,18H,5-6,9-16H2,1H3/t18-,21-/m0/s1. The van der Waals surface area contributed by atoms with Crippen LogP contribution in [0.3, 0.4) is 0 Å². The molecule has 0 N–H and O–H groups in total. The lowest BCUT2D eigenvalue weighted by molar-refractivity contribution is -0.144. The summed E-state index contributed by atoms with van der Waals surface area (Å²) in [5.74, 6) is 0.513. The zero-order valence-corrected chi connectivity index (χ0v) is 15.7. The van der Waals surface area contributed by atoms with Crippen molar-refractivity contribution in [2.45, 2.75) is 57.2 Å². The topological polar surface area (TPSA) is 43.9 Å². The molecule has 140 valence electrons. The molecule has 1 aromatic carbocycles. The fourth-order valence-corrected chi connectivity index (χ4v) is 5.04. The molecule has 3 fully saturated rings. The lowest BCUT2D eigenvalue weighted by Gasteiger charge is -2.48. The third-order valence-electron chi connectivity index (χ3n) is 6.59. The Balaban J connectivity index is 1.49. The molecule has 3 aliphatic rings. The molecule has 2 amide bonds. The van der Waals surface area contributed by atoms with Gasteiger partial charge in [0.2, 0.25) is 11.8 Å². The van der Waals surface area contributed by atoms with Crippen molar-refractivity contribution in [3.63, 3.8) is 0 Å². The number of amides is 2. The van der Waals surface area contributed by atoms with Gasteiger partial charge in [0, 0.05) is 38.6 Å². The number of benzene rings is 1. The van der Waals surface area contributed by atoms with Crippen LogP contribution >= 0.6 is 0 Å². The van der Waals surface area contributed by atoms with E-state index in [9.17, 15) is 9.59 Å². The van der Waals surface area contributed by atoms with E-state index in [2.05, 4.69) is 28.9 Å². The Kier molecular flexibility index (Phi) is 4.74. The molecule has 0 aromatic heterocycles. The van der Waals surface area contributed by atoms with Gasteiger partial charge in [-0.2, -0.15) is 0 Å². The van der Waals surface area contributed by atoms with E-state index < -0.39 is 0 Å². The Bertz CT molecular complexity index is 671. The summed E-state index contributed by atoms with van der Waals surface area (Å²) in [4.78, 5) is 31.8. The molecule has 2 atom stereocenters. The minimum absolute atomic E-state index is 0.170. The Morgan fingerprint density at radius 1 is 1.15 bits per heavy atom. The van der Waals surface area contributed by atoms with Gasteiger partial charge in [0.1, 0.15) is 0 Å². The Labute approximate surface area is 155 Å². The zero-order chi connectivity index (χ0) is 18.1. The monoisotopic (exact) mass is 355 g/mol. The van der Waals surface area contributed by atoms with Crippen molar-refractivity contribution < 1.29 is 9.59 Å². The van der Waals surface area contributed by atoms with Gasteiger partial charge in [-0.1, -0.05) is 30.3 Å². The molecule has 5 nitrogen and oxygen atoms in total. The molecule has 0 saturated carbocycles. The smallest absolute Gasteiger partial charge is 0.236 e. The van der Waals surface area contributed by atoms with Gasteiger partial charge < -0.3 is 9.80 Å².